The number of methoxy groups -OCH3 is 1. The van der Waals surface area contributed by atoms with Gasteiger partial charge in [-0.05, 0) is 31.3 Å². The summed E-state index contributed by atoms with van der Waals surface area (Å²) in [6.07, 6.45) is -0.0253. The van der Waals surface area contributed by atoms with E-state index in [1.165, 1.54) is 6.07 Å². The minimum atomic E-state index is -0.358. The van der Waals surface area contributed by atoms with Gasteiger partial charge in [0.15, 0.2) is 4.77 Å². The Kier molecular flexibility index (Phi) is 5.42. The molecule has 0 radical (unpaired) electrons. The van der Waals surface area contributed by atoms with Gasteiger partial charge in [-0.2, -0.15) is 5.10 Å². The van der Waals surface area contributed by atoms with Gasteiger partial charge in [0, 0.05) is 17.3 Å². The second kappa shape index (κ2) is 7.50. The SMILES string of the molecule is COc1cccc(/C(C)=N\NC(=O)Cc2cc(=O)[nH]c(=S)[nH]2)c1. The van der Waals surface area contributed by atoms with Crippen molar-refractivity contribution in [3.05, 3.63) is 56.7 Å². The summed E-state index contributed by atoms with van der Waals surface area (Å²) in [5.41, 5.74) is 3.98. The molecule has 0 saturated carbocycles. The Bertz CT molecular complexity index is 826. The van der Waals surface area contributed by atoms with Crippen LogP contribution < -0.4 is 15.7 Å². The van der Waals surface area contributed by atoms with Crippen molar-refractivity contribution in [2.45, 2.75) is 13.3 Å². The van der Waals surface area contributed by atoms with E-state index in [0.717, 1.165) is 5.56 Å². The van der Waals surface area contributed by atoms with E-state index < -0.39 is 0 Å². The average Bonchev–Trinajstić information content (AvgIpc) is 2.51. The van der Waals surface area contributed by atoms with Crippen LogP contribution in [-0.2, 0) is 11.2 Å². The number of nitrogens with zero attached hydrogens (tertiary/aromatic N) is 1. The van der Waals surface area contributed by atoms with Crippen LogP contribution in [0, 0.1) is 4.77 Å². The zero-order valence-corrected chi connectivity index (χ0v) is 13.5. The summed E-state index contributed by atoms with van der Waals surface area (Å²) in [4.78, 5) is 28.3. The number of hydrazone groups is 1. The highest BCUT2D eigenvalue weighted by Crippen LogP contribution is 2.13. The molecule has 0 aliphatic rings. The normalized spacial score (nSPS) is 11.1. The van der Waals surface area contributed by atoms with Crippen molar-refractivity contribution in [2.24, 2.45) is 5.10 Å². The molecule has 1 heterocycles. The predicted molar refractivity (Wildman–Crippen MR) is 89.3 cm³/mol. The molecule has 0 bridgehead atoms. The van der Waals surface area contributed by atoms with E-state index in [1.54, 1.807) is 14.0 Å². The molecule has 2 aromatic rings. The molecule has 23 heavy (non-hydrogen) atoms. The van der Waals surface area contributed by atoms with Gasteiger partial charge in [0.05, 0.1) is 19.2 Å². The van der Waals surface area contributed by atoms with Crippen LogP contribution in [0.25, 0.3) is 0 Å². The van der Waals surface area contributed by atoms with Gasteiger partial charge in [-0.3, -0.25) is 14.6 Å². The Morgan fingerprint density at radius 3 is 2.83 bits per heavy atom. The van der Waals surface area contributed by atoms with Crippen molar-refractivity contribution in [1.29, 1.82) is 0 Å². The largest absolute Gasteiger partial charge is 0.497 e. The highest BCUT2D eigenvalue weighted by molar-refractivity contribution is 7.71. The Morgan fingerprint density at radius 2 is 2.13 bits per heavy atom. The second-order valence-electron chi connectivity index (χ2n) is 4.75. The number of carbonyl (C=O) groups is 1. The van der Waals surface area contributed by atoms with Gasteiger partial charge in [-0.1, -0.05) is 12.1 Å². The molecular weight excluding hydrogens is 316 g/mol. The highest BCUT2D eigenvalue weighted by Gasteiger charge is 2.05. The number of benzene rings is 1. The monoisotopic (exact) mass is 332 g/mol. The fraction of sp³-hybridized carbons (Fsp3) is 0.200. The lowest BCUT2D eigenvalue weighted by Crippen LogP contribution is -2.23. The lowest BCUT2D eigenvalue weighted by atomic mass is 10.1. The number of aromatic nitrogens is 2. The molecule has 0 aliphatic heterocycles. The molecule has 120 valence electrons. The fourth-order valence-corrected chi connectivity index (χ4v) is 2.12. The fourth-order valence-electron chi connectivity index (χ4n) is 1.89. The molecule has 7 nitrogen and oxygen atoms in total. The summed E-state index contributed by atoms with van der Waals surface area (Å²) < 4.78 is 5.32. The predicted octanol–water partition coefficient (Wildman–Crippen LogP) is 1.52. The average molecular weight is 332 g/mol. The number of aromatic amines is 2. The third-order valence-electron chi connectivity index (χ3n) is 3.00. The number of hydrogen-bond acceptors (Lipinski definition) is 5. The van der Waals surface area contributed by atoms with Gasteiger partial charge < -0.3 is 9.72 Å². The summed E-state index contributed by atoms with van der Waals surface area (Å²) >= 11 is 4.85. The summed E-state index contributed by atoms with van der Waals surface area (Å²) in [7, 11) is 1.58. The van der Waals surface area contributed by atoms with E-state index in [9.17, 15) is 9.59 Å². The molecule has 0 aliphatic carbocycles. The van der Waals surface area contributed by atoms with Gasteiger partial charge in [0.25, 0.3) is 5.56 Å². The first-order valence-corrected chi connectivity index (χ1v) is 7.19. The van der Waals surface area contributed by atoms with Crippen molar-refractivity contribution in [1.82, 2.24) is 15.4 Å². The molecule has 1 amide bonds. The van der Waals surface area contributed by atoms with Crippen LogP contribution in [-0.4, -0.2) is 28.7 Å². The van der Waals surface area contributed by atoms with E-state index in [0.29, 0.717) is 17.2 Å². The summed E-state index contributed by atoms with van der Waals surface area (Å²) in [6, 6.07) is 8.63. The first kappa shape index (κ1) is 16.6. The molecule has 0 unspecified atom stereocenters. The molecule has 0 fully saturated rings. The first-order valence-electron chi connectivity index (χ1n) is 6.78. The molecule has 2 rings (SSSR count). The lowest BCUT2D eigenvalue weighted by molar-refractivity contribution is -0.120. The van der Waals surface area contributed by atoms with Gasteiger partial charge in [-0.15, -0.1) is 0 Å². The van der Waals surface area contributed by atoms with Gasteiger partial charge in [0.2, 0.25) is 5.91 Å². The van der Waals surface area contributed by atoms with E-state index in [-0.39, 0.29) is 22.7 Å². The number of carbonyl (C=O) groups excluding carboxylic acids is 1. The number of H-pyrrole nitrogens is 2. The lowest BCUT2D eigenvalue weighted by Gasteiger charge is -2.05. The minimum Gasteiger partial charge on any atom is -0.497 e. The van der Waals surface area contributed by atoms with Crippen LogP contribution in [0.1, 0.15) is 18.2 Å². The van der Waals surface area contributed by atoms with Gasteiger partial charge in [-0.25, -0.2) is 5.43 Å². The Morgan fingerprint density at radius 1 is 1.35 bits per heavy atom. The van der Waals surface area contributed by atoms with E-state index >= 15 is 0 Å². The molecule has 0 atom stereocenters. The van der Waals surface area contributed by atoms with Crippen LogP contribution in [0.15, 0.2) is 40.2 Å². The minimum absolute atomic E-state index is 0.0253. The third-order valence-corrected chi connectivity index (χ3v) is 3.21. The van der Waals surface area contributed by atoms with Crippen LogP contribution in [0.4, 0.5) is 0 Å². The molecule has 0 saturated heterocycles. The van der Waals surface area contributed by atoms with Crippen LogP contribution in [0.3, 0.4) is 0 Å². The standard InChI is InChI=1S/C15H16N4O3S/c1-9(10-4-3-5-12(6-10)22-2)18-19-14(21)8-11-7-13(20)17-15(23)16-11/h3-7H,8H2,1-2H3,(H,19,21)(H2,16,17,20,23)/b18-9-. The molecule has 3 N–H and O–H groups in total. The van der Waals surface area contributed by atoms with Crippen molar-refractivity contribution < 1.29 is 9.53 Å². The Labute approximate surface area is 137 Å². The van der Waals surface area contributed by atoms with Crippen molar-refractivity contribution >= 4 is 23.8 Å². The molecule has 8 heteroatoms. The summed E-state index contributed by atoms with van der Waals surface area (Å²) in [5, 5.41) is 4.05. The Balaban J connectivity index is 2.04. The van der Waals surface area contributed by atoms with E-state index in [1.807, 2.05) is 24.3 Å². The number of hydrogen-bond donors (Lipinski definition) is 3. The first-order chi connectivity index (χ1) is 11.0. The molecule has 0 spiro atoms. The zero-order chi connectivity index (χ0) is 16.8. The number of nitrogens with one attached hydrogen (secondary N) is 3. The van der Waals surface area contributed by atoms with Crippen molar-refractivity contribution in [2.75, 3.05) is 7.11 Å². The highest BCUT2D eigenvalue weighted by atomic mass is 32.1. The van der Waals surface area contributed by atoms with Crippen LogP contribution in [0.2, 0.25) is 0 Å². The molecule has 1 aromatic carbocycles. The van der Waals surface area contributed by atoms with Gasteiger partial charge >= 0.3 is 0 Å². The van der Waals surface area contributed by atoms with Crippen LogP contribution in [0.5, 0.6) is 5.75 Å². The summed E-state index contributed by atoms with van der Waals surface area (Å²) in [5.74, 6) is 0.350. The number of amides is 1. The Hall–Kier alpha value is -2.74. The maximum atomic E-state index is 11.9. The second-order valence-corrected chi connectivity index (χ2v) is 5.16. The molecule has 1 aromatic heterocycles. The van der Waals surface area contributed by atoms with Crippen molar-refractivity contribution in [3.63, 3.8) is 0 Å². The van der Waals surface area contributed by atoms with E-state index in [2.05, 4.69) is 20.5 Å². The maximum absolute atomic E-state index is 11.9. The van der Waals surface area contributed by atoms with E-state index in [4.69, 9.17) is 17.0 Å². The maximum Gasteiger partial charge on any atom is 0.251 e. The number of rotatable bonds is 5. The topological polar surface area (TPSA) is 99.3 Å². The third kappa shape index (κ3) is 4.89. The summed E-state index contributed by atoms with van der Waals surface area (Å²) in [6.45, 7) is 1.77. The molecular formula is C15H16N4O3S. The van der Waals surface area contributed by atoms with Gasteiger partial charge in [0.1, 0.15) is 5.75 Å². The number of ether oxygens (including phenoxy) is 1. The van der Waals surface area contributed by atoms with Crippen LogP contribution >= 0.6 is 12.2 Å². The van der Waals surface area contributed by atoms with Crippen molar-refractivity contribution in [3.8, 4) is 5.75 Å². The zero-order valence-electron chi connectivity index (χ0n) is 12.7. The quantitative estimate of drug-likeness (QED) is 0.439. The smallest absolute Gasteiger partial charge is 0.251 e.